The van der Waals surface area contributed by atoms with Crippen LogP contribution in [-0.2, 0) is 14.4 Å². The fraction of sp³-hybridized carbons (Fsp3) is 0.214. The molecule has 1 unspecified atom stereocenters. The van der Waals surface area contributed by atoms with Crippen LogP contribution in [0.5, 0.6) is 5.75 Å². The number of hydrogen-bond donors (Lipinski definition) is 2. The molecule has 0 radical (unpaired) electrons. The summed E-state index contributed by atoms with van der Waals surface area (Å²) >= 11 is 0. The fourth-order valence-electron chi connectivity index (χ4n) is 1.63. The van der Waals surface area contributed by atoms with E-state index in [0.717, 1.165) is 6.08 Å². The highest BCUT2D eigenvalue weighted by molar-refractivity contribution is 5.95. The zero-order valence-corrected chi connectivity index (χ0v) is 10.8. The van der Waals surface area contributed by atoms with Crippen LogP contribution in [0.15, 0.2) is 42.0 Å². The molecule has 0 saturated heterocycles. The van der Waals surface area contributed by atoms with Gasteiger partial charge in [0.1, 0.15) is 5.75 Å². The van der Waals surface area contributed by atoms with Crippen molar-refractivity contribution in [1.29, 1.82) is 0 Å². The second-order valence-corrected chi connectivity index (χ2v) is 3.93. The number of aliphatic carboxylic acids is 2. The molecule has 0 aromatic heterocycles. The van der Waals surface area contributed by atoms with Crippen molar-refractivity contribution in [3.8, 4) is 5.75 Å². The molecule has 1 aromatic rings. The molecule has 0 saturated carbocycles. The van der Waals surface area contributed by atoms with Crippen LogP contribution in [0, 0.1) is 5.92 Å². The Morgan fingerprint density at radius 2 is 1.80 bits per heavy atom. The highest BCUT2D eigenvalue weighted by Crippen LogP contribution is 2.18. The van der Waals surface area contributed by atoms with Crippen LogP contribution in [0.25, 0.3) is 0 Å². The molecule has 1 aromatic carbocycles. The Kier molecular flexibility index (Phi) is 5.46. The number of hydrogen-bond acceptors (Lipinski definition) is 4. The maximum atomic E-state index is 11.7. The number of carboxylic acid groups (broad SMARTS) is 2. The number of para-hydroxylation sites is 1. The van der Waals surface area contributed by atoms with E-state index < -0.39 is 30.2 Å². The van der Waals surface area contributed by atoms with Gasteiger partial charge in [-0.1, -0.05) is 24.3 Å². The van der Waals surface area contributed by atoms with Crippen molar-refractivity contribution in [2.24, 2.45) is 5.92 Å². The fourth-order valence-corrected chi connectivity index (χ4v) is 1.63. The second kappa shape index (κ2) is 7.08. The summed E-state index contributed by atoms with van der Waals surface area (Å²) in [6.07, 6.45) is 0.618. The predicted octanol–water partition coefficient (Wildman–Crippen LogP) is 1.71. The molecule has 0 heterocycles. The van der Waals surface area contributed by atoms with E-state index in [-0.39, 0.29) is 11.3 Å². The highest BCUT2D eigenvalue weighted by atomic mass is 16.5. The van der Waals surface area contributed by atoms with E-state index in [9.17, 15) is 14.4 Å². The van der Waals surface area contributed by atoms with Gasteiger partial charge in [0.25, 0.3) is 0 Å². The molecule has 0 aliphatic carbocycles. The third-order valence-corrected chi connectivity index (χ3v) is 2.58. The van der Waals surface area contributed by atoms with E-state index in [1.807, 2.05) is 0 Å². The minimum atomic E-state index is -1.44. The van der Waals surface area contributed by atoms with E-state index in [2.05, 4.69) is 0 Å². The van der Waals surface area contributed by atoms with Crippen LogP contribution in [-0.4, -0.2) is 28.1 Å². The topological polar surface area (TPSA) is 101 Å². The van der Waals surface area contributed by atoms with Crippen molar-refractivity contribution < 1.29 is 29.3 Å². The molecular weight excluding hydrogens is 264 g/mol. The monoisotopic (exact) mass is 278 g/mol. The Bertz CT molecular complexity index is 532. The van der Waals surface area contributed by atoms with Gasteiger partial charge in [0.05, 0.1) is 12.3 Å². The van der Waals surface area contributed by atoms with Crippen molar-refractivity contribution in [1.82, 2.24) is 0 Å². The first-order valence-corrected chi connectivity index (χ1v) is 5.83. The Morgan fingerprint density at radius 3 is 2.25 bits per heavy atom. The van der Waals surface area contributed by atoms with Crippen LogP contribution in [0.2, 0.25) is 0 Å². The van der Waals surface area contributed by atoms with Gasteiger partial charge >= 0.3 is 17.9 Å². The van der Waals surface area contributed by atoms with Crippen LogP contribution < -0.4 is 4.74 Å². The average molecular weight is 278 g/mol. The minimum absolute atomic E-state index is 0.277. The normalized spacial score (nSPS) is 12.6. The van der Waals surface area contributed by atoms with Crippen molar-refractivity contribution in [2.45, 2.75) is 13.3 Å². The quantitative estimate of drug-likeness (QED) is 0.466. The summed E-state index contributed by atoms with van der Waals surface area (Å²) in [6, 6.07) is 8.14. The lowest BCUT2D eigenvalue weighted by Gasteiger charge is -2.12. The number of allylic oxidation sites excluding steroid dienone is 1. The molecule has 0 aliphatic rings. The Labute approximate surface area is 115 Å². The molecule has 6 nitrogen and oxygen atoms in total. The molecule has 1 atom stereocenters. The van der Waals surface area contributed by atoms with Crippen LogP contribution in [0.4, 0.5) is 0 Å². The van der Waals surface area contributed by atoms with Crippen LogP contribution in [0.3, 0.4) is 0 Å². The summed E-state index contributed by atoms with van der Waals surface area (Å²) in [5.74, 6) is -4.71. The SMILES string of the molecule is CC=C(C(=O)O)C(CC(=O)Oc1ccccc1)C(=O)O. The molecule has 20 heavy (non-hydrogen) atoms. The number of ether oxygens (including phenoxy) is 1. The third-order valence-electron chi connectivity index (χ3n) is 2.58. The minimum Gasteiger partial charge on any atom is -0.481 e. The van der Waals surface area contributed by atoms with Gasteiger partial charge in [-0.15, -0.1) is 0 Å². The van der Waals surface area contributed by atoms with Crippen molar-refractivity contribution in [2.75, 3.05) is 0 Å². The lowest BCUT2D eigenvalue weighted by molar-refractivity contribution is -0.147. The highest BCUT2D eigenvalue weighted by Gasteiger charge is 2.29. The Hall–Kier alpha value is -2.63. The second-order valence-electron chi connectivity index (χ2n) is 3.93. The molecule has 2 N–H and O–H groups in total. The van der Waals surface area contributed by atoms with Gasteiger partial charge in [-0.25, -0.2) is 4.79 Å². The number of carbonyl (C=O) groups excluding carboxylic acids is 1. The van der Waals surface area contributed by atoms with Crippen LogP contribution in [0.1, 0.15) is 13.3 Å². The average Bonchev–Trinajstić information content (AvgIpc) is 2.39. The molecular formula is C14H14O6. The van der Waals surface area contributed by atoms with E-state index in [4.69, 9.17) is 14.9 Å². The molecule has 6 heteroatoms. The largest absolute Gasteiger partial charge is 0.481 e. The summed E-state index contributed by atoms with van der Waals surface area (Å²) < 4.78 is 4.95. The lowest BCUT2D eigenvalue weighted by atomic mass is 9.95. The summed E-state index contributed by atoms with van der Waals surface area (Å²) in [6.45, 7) is 1.40. The number of rotatable bonds is 6. The van der Waals surface area contributed by atoms with E-state index in [1.165, 1.54) is 6.92 Å². The maximum Gasteiger partial charge on any atom is 0.332 e. The number of benzene rings is 1. The Balaban J connectivity index is 2.79. The van der Waals surface area contributed by atoms with E-state index in [1.54, 1.807) is 30.3 Å². The molecule has 0 aliphatic heterocycles. The van der Waals surface area contributed by atoms with Gasteiger partial charge in [0, 0.05) is 5.57 Å². The predicted molar refractivity (Wildman–Crippen MR) is 69.2 cm³/mol. The number of carboxylic acids is 2. The van der Waals surface area contributed by atoms with Gasteiger partial charge in [-0.2, -0.15) is 0 Å². The van der Waals surface area contributed by atoms with Crippen molar-refractivity contribution in [3.63, 3.8) is 0 Å². The molecule has 0 spiro atoms. The zero-order valence-electron chi connectivity index (χ0n) is 10.8. The maximum absolute atomic E-state index is 11.7. The van der Waals surface area contributed by atoms with E-state index in [0.29, 0.717) is 0 Å². The first-order valence-electron chi connectivity index (χ1n) is 5.83. The summed E-state index contributed by atoms with van der Waals surface area (Å²) in [5, 5.41) is 17.9. The van der Waals surface area contributed by atoms with Crippen LogP contribution >= 0.6 is 0 Å². The van der Waals surface area contributed by atoms with Gasteiger partial charge in [-0.05, 0) is 19.1 Å². The molecule has 1 rings (SSSR count). The van der Waals surface area contributed by atoms with Crippen molar-refractivity contribution in [3.05, 3.63) is 42.0 Å². The third kappa shape index (κ3) is 4.24. The molecule has 0 fully saturated rings. The smallest absolute Gasteiger partial charge is 0.332 e. The molecule has 106 valence electrons. The number of carbonyl (C=O) groups is 3. The number of esters is 1. The zero-order chi connectivity index (χ0) is 15.1. The standard InChI is InChI=1S/C14H14O6/c1-2-10(13(16)17)11(14(18)19)8-12(15)20-9-6-4-3-5-7-9/h2-7,11H,8H2,1H3,(H,16,17)(H,18,19). The summed E-state index contributed by atoms with van der Waals surface area (Å²) in [7, 11) is 0. The van der Waals surface area contributed by atoms with Gasteiger partial charge < -0.3 is 14.9 Å². The molecule has 0 bridgehead atoms. The summed E-state index contributed by atoms with van der Waals surface area (Å²) in [5.41, 5.74) is -0.345. The lowest BCUT2D eigenvalue weighted by Crippen LogP contribution is -2.26. The first-order chi connectivity index (χ1) is 9.45. The molecule has 0 amide bonds. The van der Waals surface area contributed by atoms with Gasteiger partial charge in [0.15, 0.2) is 0 Å². The van der Waals surface area contributed by atoms with Gasteiger partial charge in [-0.3, -0.25) is 9.59 Å². The van der Waals surface area contributed by atoms with E-state index >= 15 is 0 Å². The van der Waals surface area contributed by atoms with Crippen molar-refractivity contribution >= 4 is 17.9 Å². The summed E-state index contributed by atoms with van der Waals surface area (Å²) in [4.78, 5) is 33.7. The Morgan fingerprint density at radius 1 is 1.20 bits per heavy atom. The van der Waals surface area contributed by atoms with Gasteiger partial charge in [0.2, 0.25) is 0 Å². The first kappa shape index (κ1) is 15.4.